The summed E-state index contributed by atoms with van der Waals surface area (Å²) >= 11 is 5.79. The van der Waals surface area contributed by atoms with E-state index in [4.69, 9.17) is 22.1 Å². The Bertz CT molecular complexity index is 555. The minimum absolute atomic E-state index is 0.195. The highest BCUT2D eigenvalue weighted by Gasteiger charge is 2.07. The van der Waals surface area contributed by atoms with Crippen molar-refractivity contribution in [1.29, 1.82) is 0 Å². The van der Waals surface area contributed by atoms with Crippen LogP contribution in [0.25, 0.3) is 0 Å². The van der Waals surface area contributed by atoms with Crippen molar-refractivity contribution >= 4 is 11.6 Å². The summed E-state index contributed by atoms with van der Waals surface area (Å²) in [5.74, 6) is -0.178. The first-order chi connectivity index (χ1) is 9.06. The van der Waals surface area contributed by atoms with E-state index in [-0.39, 0.29) is 11.8 Å². The third-order valence-corrected chi connectivity index (χ3v) is 3.04. The van der Waals surface area contributed by atoms with Gasteiger partial charge < -0.3 is 10.5 Å². The maximum atomic E-state index is 13.8. The lowest BCUT2D eigenvalue weighted by Gasteiger charge is -2.10. The lowest BCUT2D eigenvalue weighted by molar-refractivity contribution is 0.290. The van der Waals surface area contributed by atoms with Crippen LogP contribution in [0.15, 0.2) is 42.5 Å². The van der Waals surface area contributed by atoms with Crippen molar-refractivity contribution in [1.82, 2.24) is 0 Å². The van der Waals surface area contributed by atoms with E-state index < -0.39 is 5.82 Å². The average molecular weight is 280 g/mol. The highest BCUT2D eigenvalue weighted by Crippen LogP contribution is 2.22. The topological polar surface area (TPSA) is 35.2 Å². The standard InChI is InChI=1S/C15H15ClFNO/c1-10(18)12-4-7-15(14(17)8-12)19-9-11-2-5-13(16)6-3-11/h2-8,10H,9,18H2,1H3. The van der Waals surface area contributed by atoms with Crippen LogP contribution in [0.5, 0.6) is 5.75 Å². The summed E-state index contributed by atoms with van der Waals surface area (Å²) < 4.78 is 19.2. The molecule has 1 atom stereocenters. The fraction of sp³-hybridized carbons (Fsp3) is 0.200. The molecule has 100 valence electrons. The number of halogens is 2. The Hall–Kier alpha value is -1.58. The zero-order valence-electron chi connectivity index (χ0n) is 10.6. The van der Waals surface area contributed by atoms with Gasteiger partial charge >= 0.3 is 0 Å². The summed E-state index contributed by atoms with van der Waals surface area (Å²) in [6, 6.07) is 11.8. The number of hydrogen-bond acceptors (Lipinski definition) is 2. The summed E-state index contributed by atoms with van der Waals surface area (Å²) in [4.78, 5) is 0. The minimum atomic E-state index is -0.399. The van der Waals surface area contributed by atoms with Gasteiger partial charge in [-0.15, -0.1) is 0 Å². The molecule has 0 aliphatic rings. The molecule has 1 unspecified atom stereocenters. The van der Waals surface area contributed by atoms with Crippen molar-refractivity contribution in [3.05, 3.63) is 64.4 Å². The Labute approximate surface area is 117 Å². The smallest absolute Gasteiger partial charge is 0.165 e. The molecule has 0 saturated heterocycles. The molecule has 0 aliphatic carbocycles. The molecule has 0 heterocycles. The van der Waals surface area contributed by atoms with Crippen LogP contribution in [0.2, 0.25) is 5.02 Å². The van der Waals surface area contributed by atoms with Crippen LogP contribution < -0.4 is 10.5 Å². The van der Waals surface area contributed by atoms with Gasteiger partial charge in [-0.25, -0.2) is 4.39 Å². The van der Waals surface area contributed by atoms with Crippen molar-refractivity contribution in [3.63, 3.8) is 0 Å². The number of nitrogens with two attached hydrogens (primary N) is 1. The van der Waals surface area contributed by atoms with E-state index >= 15 is 0 Å². The fourth-order valence-electron chi connectivity index (χ4n) is 1.66. The average Bonchev–Trinajstić information content (AvgIpc) is 2.39. The predicted molar refractivity (Wildman–Crippen MR) is 74.8 cm³/mol. The molecule has 0 aromatic heterocycles. The monoisotopic (exact) mass is 279 g/mol. The maximum Gasteiger partial charge on any atom is 0.165 e. The Kier molecular flexibility index (Phi) is 4.40. The Morgan fingerprint density at radius 2 is 1.89 bits per heavy atom. The molecule has 2 nitrogen and oxygen atoms in total. The summed E-state index contributed by atoms with van der Waals surface area (Å²) in [5.41, 5.74) is 7.37. The number of benzene rings is 2. The van der Waals surface area contributed by atoms with Crippen LogP contribution in [0.4, 0.5) is 4.39 Å². The van der Waals surface area contributed by atoms with Crippen molar-refractivity contribution in [3.8, 4) is 5.75 Å². The Balaban J connectivity index is 2.05. The van der Waals surface area contributed by atoms with E-state index in [1.807, 2.05) is 19.1 Å². The summed E-state index contributed by atoms with van der Waals surface area (Å²) in [6.07, 6.45) is 0. The first-order valence-corrected chi connectivity index (χ1v) is 6.36. The van der Waals surface area contributed by atoms with Crippen LogP contribution in [0.3, 0.4) is 0 Å². The second kappa shape index (κ2) is 6.04. The van der Waals surface area contributed by atoms with E-state index in [0.29, 0.717) is 11.6 Å². The van der Waals surface area contributed by atoms with Gasteiger partial charge in [-0.1, -0.05) is 29.8 Å². The largest absolute Gasteiger partial charge is 0.486 e. The minimum Gasteiger partial charge on any atom is -0.486 e. The highest BCUT2D eigenvalue weighted by molar-refractivity contribution is 6.30. The van der Waals surface area contributed by atoms with Gasteiger partial charge in [-0.3, -0.25) is 0 Å². The summed E-state index contributed by atoms with van der Waals surface area (Å²) in [6.45, 7) is 2.11. The lowest BCUT2D eigenvalue weighted by Crippen LogP contribution is -2.06. The molecule has 0 amide bonds. The molecule has 2 aromatic rings. The molecule has 4 heteroatoms. The van der Waals surface area contributed by atoms with Crippen LogP contribution in [-0.4, -0.2) is 0 Å². The quantitative estimate of drug-likeness (QED) is 0.915. The fourth-order valence-corrected chi connectivity index (χ4v) is 1.79. The zero-order chi connectivity index (χ0) is 13.8. The first kappa shape index (κ1) is 13.8. The van der Waals surface area contributed by atoms with E-state index in [2.05, 4.69) is 0 Å². The van der Waals surface area contributed by atoms with Crippen molar-refractivity contribution in [2.24, 2.45) is 5.73 Å². The lowest BCUT2D eigenvalue weighted by atomic mass is 10.1. The molecule has 0 fully saturated rings. The second-order valence-electron chi connectivity index (χ2n) is 4.39. The maximum absolute atomic E-state index is 13.8. The highest BCUT2D eigenvalue weighted by atomic mass is 35.5. The van der Waals surface area contributed by atoms with Crippen LogP contribution in [0, 0.1) is 5.82 Å². The zero-order valence-corrected chi connectivity index (χ0v) is 11.3. The van der Waals surface area contributed by atoms with Gasteiger partial charge in [0.15, 0.2) is 11.6 Å². The third-order valence-electron chi connectivity index (χ3n) is 2.79. The predicted octanol–water partition coefficient (Wildman–Crippen LogP) is 4.08. The molecule has 2 rings (SSSR count). The molecule has 2 N–H and O–H groups in total. The molecular weight excluding hydrogens is 265 g/mol. The van der Waals surface area contributed by atoms with Gasteiger partial charge in [-0.2, -0.15) is 0 Å². The Morgan fingerprint density at radius 3 is 2.47 bits per heavy atom. The van der Waals surface area contributed by atoms with Crippen LogP contribution in [-0.2, 0) is 6.61 Å². The molecule has 0 radical (unpaired) electrons. The van der Waals surface area contributed by atoms with Gasteiger partial charge in [0.2, 0.25) is 0 Å². The van der Waals surface area contributed by atoms with Crippen molar-refractivity contribution in [2.45, 2.75) is 19.6 Å². The third kappa shape index (κ3) is 3.69. The summed E-state index contributed by atoms with van der Waals surface area (Å²) in [5, 5.41) is 0.663. The van der Waals surface area contributed by atoms with Gasteiger partial charge in [0, 0.05) is 11.1 Å². The summed E-state index contributed by atoms with van der Waals surface area (Å²) in [7, 11) is 0. The second-order valence-corrected chi connectivity index (χ2v) is 4.83. The van der Waals surface area contributed by atoms with Gasteiger partial charge in [-0.05, 0) is 42.3 Å². The molecule has 0 bridgehead atoms. The number of ether oxygens (including phenoxy) is 1. The number of hydrogen-bond donors (Lipinski definition) is 1. The van der Waals surface area contributed by atoms with Crippen LogP contribution in [0.1, 0.15) is 24.1 Å². The number of rotatable bonds is 4. The van der Waals surface area contributed by atoms with Crippen LogP contribution >= 0.6 is 11.6 Å². The normalized spacial score (nSPS) is 12.2. The molecular formula is C15H15ClFNO. The van der Waals surface area contributed by atoms with Gasteiger partial charge in [0.25, 0.3) is 0 Å². The van der Waals surface area contributed by atoms with E-state index in [1.54, 1.807) is 24.3 Å². The molecule has 2 aromatic carbocycles. The molecule has 19 heavy (non-hydrogen) atoms. The van der Waals surface area contributed by atoms with Crippen molar-refractivity contribution in [2.75, 3.05) is 0 Å². The SMILES string of the molecule is CC(N)c1ccc(OCc2ccc(Cl)cc2)c(F)c1. The van der Waals surface area contributed by atoms with Gasteiger partial charge in [0.1, 0.15) is 6.61 Å². The van der Waals surface area contributed by atoms with E-state index in [1.165, 1.54) is 6.07 Å². The van der Waals surface area contributed by atoms with E-state index in [0.717, 1.165) is 11.1 Å². The molecule has 0 spiro atoms. The van der Waals surface area contributed by atoms with Gasteiger partial charge in [0.05, 0.1) is 0 Å². The first-order valence-electron chi connectivity index (χ1n) is 5.98. The molecule has 0 aliphatic heterocycles. The van der Waals surface area contributed by atoms with Crippen molar-refractivity contribution < 1.29 is 9.13 Å². The van der Waals surface area contributed by atoms with E-state index in [9.17, 15) is 4.39 Å². The molecule has 0 saturated carbocycles. The Morgan fingerprint density at radius 1 is 1.21 bits per heavy atom.